The number of rotatable bonds is 9. The Labute approximate surface area is 237 Å². The molecule has 0 bridgehead atoms. The van der Waals surface area contributed by atoms with Crippen LogP contribution >= 0.6 is 0 Å². The number of pyridine rings is 1. The van der Waals surface area contributed by atoms with E-state index in [0.29, 0.717) is 29.7 Å². The summed E-state index contributed by atoms with van der Waals surface area (Å²) in [6, 6.07) is 13.6. The first-order valence-electron chi connectivity index (χ1n) is 13.1. The van der Waals surface area contributed by atoms with Crippen LogP contribution in [0.15, 0.2) is 59.8 Å². The van der Waals surface area contributed by atoms with E-state index in [-0.39, 0.29) is 42.7 Å². The molecule has 5 rings (SSSR count). The summed E-state index contributed by atoms with van der Waals surface area (Å²) in [7, 11) is -2.27. The van der Waals surface area contributed by atoms with Crippen molar-refractivity contribution in [3.8, 4) is 22.4 Å². The number of carbonyl (C=O) groups is 1. The van der Waals surface area contributed by atoms with E-state index in [9.17, 15) is 18.4 Å². The monoisotopic (exact) mass is 580 g/mol. The van der Waals surface area contributed by atoms with Crippen LogP contribution < -0.4 is 11.2 Å². The minimum atomic E-state index is -3.79. The maximum Gasteiger partial charge on any atom is 0.275 e. The van der Waals surface area contributed by atoms with E-state index in [1.807, 2.05) is 42.5 Å². The Morgan fingerprint density at radius 1 is 1.12 bits per heavy atom. The predicted molar refractivity (Wildman–Crippen MR) is 151 cm³/mol. The summed E-state index contributed by atoms with van der Waals surface area (Å²) in [6.07, 6.45) is 5.63. The summed E-state index contributed by atoms with van der Waals surface area (Å²) in [5.41, 5.74) is 10.8. The van der Waals surface area contributed by atoms with Crippen LogP contribution in [-0.4, -0.2) is 71.3 Å². The van der Waals surface area contributed by atoms with Crippen LogP contribution in [0.2, 0.25) is 0 Å². The van der Waals surface area contributed by atoms with E-state index in [1.165, 1.54) is 11.6 Å². The molecular formula is C28H32N6O6S. The van der Waals surface area contributed by atoms with Gasteiger partial charge in [-0.1, -0.05) is 36.4 Å². The average Bonchev–Trinajstić information content (AvgIpc) is 3.41. The molecule has 1 amide bonds. The maximum absolute atomic E-state index is 13.0. The number of hydrogen-bond donors (Lipinski definition) is 3. The Morgan fingerprint density at radius 3 is 2.46 bits per heavy atom. The highest BCUT2D eigenvalue weighted by molar-refractivity contribution is 7.91. The highest BCUT2D eigenvalue weighted by Crippen LogP contribution is 2.43. The molecule has 0 unspecified atom stereocenters. The molecule has 216 valence electrons. The lowest BCUT2D eigenvalue weighted by atomic mass is 9.76. The number of nitrogen functional groups attached to an aromatic ring is 1. The van der Waals surface area contributed by atoms with Crippen molar-refractivity contribution >= 4 is 27.2 Å². The van der Waals surface area contributed by atoms with Crippen molar-refractivity contribution in [3.63, 3.8) is 0 Å². The summed E-state index contributed by atoms with van der Waals surface area (Å²) < 4.78 is 38.2. The molecule has 13 heteroatoms. The molecule has 1 aromatic carbocycles. The van der Waals surface area contributed by atoms with Crippen molar-refractivity contribution in [2.75, 3.05) is 32.3 Å². The minimum Gasteiger partial charge on any atom is -0.382 e. The van der Waals surface area contributed by atoms with Crippen molar-refractivity contribution in [1.82, 2.24) is 25.1 Å². The Hall–Kier alpha value is -3.91. The van der Waals surface area contributed by atoms with Gasteiger partial charge in [-0.25, -0.2) is 18.9 Å². The zero-order chi connectivity index (χ0) is 29.2. The Bertz CT molecular complexity index is 1650. The molecule has 3 heterocycles. The number of hydrogen-bond acceptors (Lipinski definition) is 10. The molecule has 12 nitrogen and oxygen atoms in total. The summed E-state index contributed by atoms with van der Waals surface area (Å²) in [5.74, 6) is -1.02. The van der Waals surface area contributed by atoms with E-state index in [2.05, 4.69) is 10.1 Å². The average molecular weight is 581 g/mol. The zero-order valence-electron chi connectivity index (χ0n) is 22.8. The summed E-state index contributed by atoms with van der Waals surface area (Å²) in [4.78, 5) is 21.9. The summed E-state index contributed by atoms with van der Waals surface area (Å²) >= 11 is 0. The van der Waals surface area contributed by atoms with Gasteiger partial charge < -0.3 is 15.2 Å². The second kappa shape index (κ2) is 11.5. The number of sulfone groups is 1. The van der Waals surface area contributed by atoms with E-state index in [0.717, 1.165) is 23.1 Å². The van der Waals surface area contributed by atoms with Crippen molar-refractivity contribution in [2.24, 2.45) is 0 Å². The number of nitrogens with one attached hydrogen (secondary N) is 1. The quantitative estimate of drug-likeness (QED) is 0.152. The number of benzene rings is 1. The molecule has 1 fully saturated rings. The van der Waals surface area contributed by atoms with Crippen LogP contribution in [0.1, 0.15) is 37.3 Å². The van der Waals surface area contributed by atoms with Gasteiger partial charge >= 0.3 is 0 Å². The fraction of sp³-hybridized carbons (Fsp3) is 0.357. The van der Waals surface area contributed by atoms with Crippen LogP contribution in [0.4, 0.5) is 5.82 Å². The Kier molecular flexibility index (Phi) is 8.04. The fourth-order valence-corrected chi connectivity index (χ4v) is 6.49. The van der Waals surface area contributed by atoms with Crippen molar-refractivity contribution in [1.29, 1.82) is 0 Å². The van der Waals surface area contributed by atoms with Gasteiger partial charge in [-0.2, -0.15) is 9.61 Å². The lowest BCUT2D eigenvalue weighted by Gasteiger charge is -2.38. The number of nitrogens with two attached hydrogens (primary N) is 1. The van der Waals surface area contributed by atoms with Gasteiger partial charge in [0.15, 0.2) is 15.5 Å². The molecule has 41 heavy (non-hydrogen) atoms. The topological polar surface area (TPSA) is 171 Å². The molecule has 3 aromatic heterocycles. The molecule has 1 aliphatic carbocycles. The maximum atomic E-state index is 13.0. The van der Waals surface area contributed by atoms with Gasteiger partial charge in [-0.3, -0.25) is 15.0 Å². The van der Waals surface area contributed by atoms with Crippen LogP contribution in [0, 0.1) is 0 Å². The Morgan fingerprint density at radius 2 is 1.85 bits per heavy atom. The molecule has 0 atom stereocenters. The minimum absolute atomic E-state index is 0.0334. The SMILES string of the molecule is COCCOC1(C(=O)NO)CCC(c2nc3c(-c4ccc(-c5ccccc5)nc4)cnn3c(N)c2S(C)(=O)=O)CC1. The molecule has 0 spiro atoms. The fourth-order valence-electron chi connectivity index (χ4n) is 5.43. The number of methoxy groups -OCH3 is 1. The summed E-state index contributed by atoms with van der Waals surface area (Å²) in [6.45, 7) is 0.443. The molecule has 4 N–H and O–H groups in total. The number of carbonyl (C=O) groups excluding carboxylic acids is 1. The third kappa shape index (κ3) is 5.53. The van der Waals surface area contributed by atoms with Gasteiger partial charge in [0.05, 0.1) is 30.8 Å². The molecule has 1 saturated carbocycles. The van der Waals surface area contributed by atoms with Crippen LogP contribution in [0.5, 0.6) is 0 Å². The van der Waals surface area contributed by atoms with Crippen LogP contribution in [0.3, 0.4) is 0 Å². The van der Waals surface area contributed by atoms with E-state index in [4.69, 9.17) is 20.2 Å². The van der Waals surface area contributed by atoms with Crippen molar-refractivity contribution in [3.05, 3.63) is 60.6 Å². The second-order valence-corrected chi connectivity index (χ2v) is 12.1. The van der Waals surface area contributed by atoms with Gasteiger partial charge in [-0.05, 0) is 31.7 Å². The number of ether oxygens (including phenoxy) is 2. The van der Waals surface area contributed by atoms with Crippen molar-refractivity contribution in [2.45, 2.75) is 42.1 Å². The number of aromatic nitrogens is 4. The lowest BCUT2D eigenvalue weighted by molar-refractivity contribution is -0.163. The van der Waals surface area contributed by atoms with Gasteiger partial charge in [0.25, 0.3) is 5.91 Å². The largest absolute Gasteiger partial charge is 0.382 e. The first kappa shape index (κ1) is 28.6. The second-order valence-electron chi connectivity index (χ2n) is 10.1. The smallest absolute Gasteiger partial charge is 0.275 e. The number of anilines is 1. The van der Waals surface area contributed by atoms with Crippen LogP contribution in [-0.2, 0) is 24.1 Å². The molecule has 0 saturated heterocycles. The Balaban J connectivity index is 1.53. The number of amides is 1. The highest BCUT2D eigenvalue weighted by atomic mass is 32.2. The zero-order valence-corrected chi connectivity index (χ0v) is 23.6. The number of fused-ring (bicyclic) bond motifs is 1. The molecule has 4 aromatic rings. The molecule has 0 aliphatic heterocycles. The highest BCUT2D eigenvalue weighted by Gasteiger charge is 2.44. The first-order chi connectivity index (χ1) is 19.7. The van der Waals surface area contributed by atoms with Gasteiger partial charge in [-0.15, -0.1) is 0 Å². The number of nitrogens with zero attached hydrogens (tertiary/aromatic N) is 4. The van der Waals surface area contributed by atoms with Crippen LogP contribution in [0.25, 0.3) is 28.0 Å². The third-order valence-electron chi connectivity index (χ3n) is 7.54. The standard InChI is InChI=1S/C28H32N6O6S/c1-39-14-15-40-28(27(35)33-36)12-10-19(11-13-28)23-24(41(2,37)38)25(29)34-26(32-23)21(17-31-34)20-8-9-22(30-16-20)18-6-4-3-5-7-18/h3-9,16-17,19,36H,10-15,29H2,1-2H3,(H,33,35). The van der Waals surface area contributed by atoms with Gasteiger partial charge in [0.2, 0.25) is 0 Å². The molecule has 0 radical (unpaired) electrons. The van der Waals surface area contributed by atoms with E-state index in [1.54, 1.807) is 17.9 Å². The molecular weight excluding hydrogens is 548 g/mol. The summed E-state index contributed by atoms with van der Waals surface area (Å²) in [5, 5.41) is 13.7. The van der Waals surface area contributed by atoms with Crippen molar-refractivity contribution < 1.29 is 27.9 Å². The first-order valence-corrected chi connectivity index (χ1v) is 15.0. The van der Waals surface area contributed by atoms with Gasteiger partial charge in [0, 0.05) is 42.2 Å². The van der Waals surface area contributed by atoms with E-state index < -0.39 is 21.3 Å². The van der Waals surface area contributed by atoms with Gasteiger partial charge in [0.1, 0.15) is 16.3 Å². The number of hydroxylamine groups is 1. The lowest BCUT2D eigenvalue weighted by Crippen LogP contribution is -2.50. The van der Waals surface area contributed by atoms with E-state index >= 15 is 0 Å². The third-order valence-corrected chi connectivity index (χ3v) is 8.70. The predicted octanol–water partition coefficient (Wildman–Crippen LogP) is 3.01. The normalized spacial score (nSPS) is 19.3. The molecule has 1 aliphatic rings.